The molecule has 6 nitrogen and oxygen atoms in total. The Morgan fingerprint density at radius 1 is 1.53 bits per heavy atom. The predicted molar refractivity (Wildman–Crippen MR) is 74.3 cm³/mol. The molecule has 1 rings (SSSR count). The third-order valence-corrected chi connectivity index (χ3v) is 2.66. The van der Waals surface area contributed by atoms with Crippen molar-refractivity contribution in [2.45, 2.75) is 19.8 Å². The summed E-state index contributed by atoms with van der Waals surface area (Å²) in [6, 6.07) is 1.63. The molecule has 0 aromatic carbocycles. The monoisotopic (exact) mass is 266 g/mol. The van der Waals surface area contributed by atoms with Crippen LogP contribution in [-0.4, -0.2) is 54.6 Å². The Kier molecular flexibility index (Phi) is 6.81. The first kappa shape index (κ1) is 15.4. The van der Waals surface area contributed by atoms with Gasteiger partial charge in [-0.3, -0.25) is 4.79 Å². The van der Waals surface area contributed by atoms with Crippen molar-refractivity contribution in [3.05, 3.63) is 18.0 Å². The molecule has 0 unspecified atom stereocenters. The molecule has 0 spiro atoms. The Bertz CT molecular complexity index is 398. The van der Waals surface area contributed by atoms with Gasteiger partial charge < -0.3 is 15.0 Å². The van der Waals surface area contributed by atoms with Gasteiger partial charge in [0, 0.05) is 33.4 Å². The molecule has 0 aliphatic heterocycles. The number of nitrogens with one attached hydrogen (secondary N) is 1. The predicted octanol–water partition coefficient (Wildman–Crippen LogP) is 1.41. The molecule has 1 aromatic rings. The molecule has 0 radical (unpaired) electrons. The molecule has 0 atom stereocenters. The van der Waals surface area contributed by atoms with Crippen LogP contribution in [0.3, 0.4) is 0 Å². The summed E-state index contributed by atoms with van der Waals surface area (Å²) in [4.78, 5) is 22.1. The number of unbranched alkanes of at least 4 members (excludes halogenated alkanes) is 1. The van der Waals surface area contributed by atoms with E-state index in [2.05, 4.69) is 22.2 Å². The number of rotatable bonds is 8. The first-order chi connectivity index (χ1) is 9.19. The summed E-state index contributed by atoms with van der Waals surface area (Å²) >= 11 is 0. The number of amides is 1. The largest absolute Gasteiger partial charge is 0.383 e. The van der Waals surface area contributed by atoms with Crippen LogP contribution < -0.4 is 5.32 Å². The number of carbonyl (C=O) groups excluding carboxylic acids is 1. The van der Waals surface area contributed by atoms with E-state index in [1.807, 2.05) is 0 Å². The second kappa shape index (κ2) is 8.42. The molecular formula is C13H22N4O2. The van der Waals surface area contributed by atoms with Crippen molar-refractivity contribution in [1.82, 2.24) is 14.9 Å². The van der Waals surface area contributed by atoms with Crippen molar-refractivity contribution >= 4 is 11.9 Å². The maximum absolute atomic E-state index is 12.1. The van der Waals surface area contributed by atoms with Crippen molar-refractivity contribution in [2.24, 2.45) is 0 Å². The first-order valence-corrected chi connectivity index (χ1v) is 6.50. The summed E-state index contributed by atoms with van der Waals surface area (Å²) < 4.78 is 4.93. The molecule has 19 heavy (non-hydrogen) atoms. The normalized spacial score (nSPS) is 10.3. The van der Waals surface area contributed by atoms with Gasteiger partial charge in [-0.2, -0.15) is 0 Å². The van der Waals surface area contributed by atoms with Crippen LogP contribution in [-0.2, 0) is 4.74 Å². The minimum Gasteiger partial charge on any atom is -0.383 e. The number of hydrogen-bond acceptors (Lipinski definition) is 5. The van der Waals surface area contributed by atoms with E-state index in [0.29, 0.717) is 24.8 Å². The van der Waals surface area contributed by atoms with Gasteiger partial charge in [0.2, 0.25) is 5.95 Å². The zero-order valence-corrected chi connectivity index (χ0v) is 11.8. The maximum atomic E-state index is 12.1. The van der Waals surface area contributed by atoms with Gasteiger partial charge in [-0.15, -0.1) is 0 Å². The number of carbonyl (C=O) groups is 1. The van der Waals surface area contributed by atoms with Crippen LogP contribution in [0, 0.1) is 0 Å². The van der Waals surface area contributed by atoms with E-state index >= 15 is 0 Å². The summed E-state index contributed by atoms with van der Waals surface area (Å²) in [5.74, 6) is 0.373. The van der Waals surface area contributed by atoms with Crippen molar-refractivity contribution in [1.29, 1.82) is 0 Å². The van der Waals surface area contributed by atoms with Crippen LogP contribution in [0.2, 0.25) is 0 Å². The van der Waals surface area contributed by atoms with Crippen LogP contribution >= 0.6 is 0 Å². The highest BCUT2D eigenvalue weighted by atomic mass is 16.5. The summed E-state index contributed by atoms with van der Waals surface area (Å²) in [5.41, 5.74) is 0.411. The van der Waals surface area contributed by atoms with Crippen LogP contribution in [0.25, 0.3) is 0 Å². The van der Waals surface area contributed by atoms with Gasteiger partial charge in [-0.05, 0) is 12.5 Å². The Balaban J connectivity index is 2.61. The number of methoxy groups -OCH3 is 1. The van der Waals surface area contributed by atoms with E-state index in [4.69, 9.17) is 4.74 Å². The molecule has 6 heteroatoms. The quantitative estimate of drug-likeness (QED) is 0.720. The fourth-order valence-electron chi connectivity index (χ4n) is 1.52. The summed E-state index contributed by atoms with van der Waals surface area (Å²) in [6.45, 7) is 4.02. The molecule has 0 saturated heterocycles. The molecule has 0 saturated carbocycles. The average molecular weight is 266 g/mol. The number of nitrogens with zero attached hydrogens (tertiary/aromatic N) is 3. The van der Waals surface area contributed by atoms with Gasteiger partial charge in [-0.1, -0.05) is 13.3 Å². The highest BCUT2D eigenvalue weighted by Gasteiger charge is 2.13. The van der Waals surface area contributed by atoms with E-state index in [1.165, 1.54) is 0 Å². The van der Waals surface area contributed by atoms with Gasteiger partial charge in [0.15, 0.2) is 0 Å². The number of ether oxygens (including phenoxy) is 1. The minimum absolute atomic E-state index is 0.0781. The van der Waals surface area contributed by atoms with Gasteiger partial charge in [-0.25, -0.2) is 9.97 Å². The van der Waals surface area contributed by atoms with Gasteiger partial charge in [0.1, 0.15) is 5.69 Å². The fraction of sp³-hybridized carbons (Fsp3) is 0.615. The Morgan fingerprint density at radius 2 is 2.32 bits per heavy atom. The lowest BCUT2D eigenvalue weighted by molar-refractivity contribution is 0.0787. The molecule has 106 valence electrons. The molecular weight excluding hydrogens is 244 g/mol. The number of aromatic nitrogens is 2. The summed E-state index contributed by atoms with van der Waals surface area (Å²) in [5, 5.41) is 3.00. The molecule has 0 aliphatic rings. The summed E-state index contributed by atoms with van der Waals surface area (Å²) in [6.07, 6.45) is 3.64. The van der Waals surface area contributed by atoms with Gasteiger partial charge in [0.05, 0.1) is 6.61 Å². The molecule has 1 N–H and O–H groups in total. The maximum Gasteiger partial charge on any atom is 0.272 e. The Labute approximate surface area is 114 Å². The minimum atomic E-state index is -0.0781. The highest BCUT2D eigenvalue weighted by molar-refractivity contribution is 5.92. The van der Waals surface area contributed by atoms with Crippen molar-refractivity contribution < 1.29 is 9.53 Å². The number of anilines is 1. The second-order valence-corrected chi connectivity index (χ2v) is 4.27. The zero-order chi connectivity index (χ0) is 14.1. The third-order valence-electron chi connectivity index (χ3n) is 2.66. The second-order valence-electron chi connectivity index (χ2n) is 4.27. The lowest BCUT2D eigenvalue weighted by atomic mass is 10.3. The molecule has 0 fully saturated rings. The third kappa shape index (κ3) is 5.21. The van der Waals surface area contributed by atoms with Crippen LogP contribution in [0.5, 0.6) is 0 Å². The molecule has 0 bridgehead atoms. The Morgan fingerprint density at radius 3 is 3.00 bits per heavy atom. The van der Waals surface area contributed by atoms with Crippen molar-refractivity contribution in [3.8, 4) is 0 Å². The van der Waals surface area contributed by atoms with Crippen molar-refractivity contribution in [3.63, 3.8) is 0 Å². The van der Waals surface area contributed by atoms with Crippen molar-refractivity contribution in [2.75, 3.05) is 39.2 Å². The van der Waals surface area contributed by atoms with E-state index in [9.17, 15) is 4.79 Å². The summed E-state index contributed by atoms with van der Waals surface area (Å²) in [7, 11) is 3.42. The van der Waals surface area contributed by atoms with E-state index in [0.717, 1.165) is 19.4 Å². The smallest absolute Gasteiger partial charge is 0.272 e. The highest BCUT2D eigenvalue weighted by Crippen LogP contribution is 2.04. The van der Waals surface area contributed by atoms with Crippen LogP contribution in [0.15, 0.2) is 12.3 Å². The average Bonchev–Trinajstić information content (AvgIpc) is 2.44. The van der Waals surface area contributed by atoms with E-state index < -0.39 is 0 Å². The molecule has 1 amide bonds. The van der Waals surface area contributed by atoms with Gasteiger partial charge in [0.25, 0.3) is 5.91 Å². The lowest BCUT2D eigenvalue weighted by Crippen LogP contribution is -2.28. The SMILES string of the molecule is CCCCN(C)C(=O)c1ccnc(NCCOC)n1. The van der Waals surface area contributed by atoms with E-state index in [-0.39, 0.29) is 5.91 Å². The number of hydrogen-bond donors (Lipinski definition) is 1. The zero-order valence-electron chi connectivity index (χ0n) is 11.8. The van der Waals surface area contributed by atoms with Crippen LogP contribution in [0.4, 0.5) is 5.95 Å². The molecule has 0 aliphatic carbocycles. The van der Waals surface area contributed by atoms with Gasteiger partial charge >= 0.3 is 0 Å². The lowest BCUT2D eigenvalue weighted by Gasteiger charge is -2.16. The molecule has 1 heterocycles. The molecule has 1 aromatic heterocycles. The topological polar surface area (TPSA) is 67.4 Å². The van der Waals surface area contributed by atoms with E-state index in [1.54, 1.807) is 31.3 Å². The first-order valence-electron chi connectivity index (χ1n) is 6.50. The fourth-order valence-corrected chi connectivity index (χ4v) is 1.52. The standard InChI is InChI=1S/C13H22N4O2/c1-4-5-9-17(2)12(18)11-6-7-14-13(16-11)15-8-10-19-3/h6-7H,4-5,8-10H2,1-3H3,(H,14,15,16). The Hall–Kier alpha value is -1.69. The van der Waals surface area contributed by atoms with Crippen LogP contribution in [0.1, 0.15) is 30.3 Å².